The Labute approximate surface area is 126 Å². The number of carbonyl (C=O) groups excluding carboxylic acids is 2. The molecule has 2 heterocycles. The second-order valence-corrected chi connectivity index (χ2v) is 4.73. The van der Waals surface area contributed by atoms with Crippen molar-refractivity contribution in [3.63, 3.8) is 0 Å². The predicted octanol–water partition coefficient (Wildman–Crippen LogP) is 2.82. The molecule has 0 bridgehead atoms. The number of nitrogens with zero attached hydrogens (tertiary/aromatic N) is 1. The molecular formula is C14H13ClN2O4. The van der Waals surface area contributed by atoms with Crippen LogP contribution in [0, 0.1) is 6.92 Å². The second-order valence-electron chi connectivity index (χ2n) is 4.29. The van der Waals surface area contributed by atoms with E-state index >= 15 is 0 Å². The van der Waals surface area contributed by atoms with Gasteiger partial charge in [0.2, 0.25) is 0 Å². The molecule has 7 heteroatoms. The number of hydrogen-bond acceptors (Lipinski definition) is 5. The number of aryl methyl sites for hydroxylation is 1. The standard InChI is InChI=1S/C14H13ClN2O4/c1-8-11(5-6-20-8)14(19)21-9(2)13(18)17-12-4-3-10(15)7-16-12/h3-7,9H,1-2H3,(H,16,17,18). The molecule has 110 valence electrons. The molecule has 2 aromatic rings. The number of carbonyl (C=O) groups is 2. The first-order valence-corrected chi connectivity index (χ1v) is 6.52. The van der Waals surface area contributed by atoms with Crippen molar-refractivity contribution >= 4 is 29.3 Å². The molecule has 0 saturated carbocycles. The SMILES string of the molecule is Cc1occc1C(=O)OC(C)C(=O)Nc1ccc(Cl)cn1. The molecule has 0 aliphatic rings. The van der Waals surface area contributed by atoms with Crippen LogP contribution in [0.4, 0.5) is 5.82 Å². The fourth-order valence-corrected chi connectivity index (χ4v) is 1.66. The summed E-state index contributed by atoms with van der Waals surface area (Å²) in [5.74, 6) is -0.342. The van der Waals surface area contributed by atoms with Crippen LogP contribution in [-0.4, -0.2) is 23.0 Å². The molecule has 0 aliphatic heterocycles. The lowest BCUT2D eigenvalue weighted by atomic mass is 10.2. The molecule has 0 aliphatic carbocycles. The lowest BCUT2D eigenvalue weighted by Crippen LogP contribution is -2.30. The molecule has 2 aromatic heterocycles. The average Bonchev–Trinajstić information content (AvgIpc) is 2.87. The molecule has 1 atom stereocenters. The van der Waals surface area contributed by atoms with E-state index in [9.17, 15) is 9.59 Å². The molecule has 1 amide bonds. The second kappa shape index (κ2) is 6.41. The maximum atomic E-state index is 11.9. The number of ether oxygens (including phenoxy) is 1. The van der Waals surface area contributed by atoms with Crippen molar-refractivity contribution in [3.8, 4) is 0 Å². The predicted molar refractivity (Wildman–Crippen MR) is 76.2 cm³/mol. The van der Waals surface area contributed by atoms with Gasteiger partial charge in [0.25, 0.3) is 5.91 Å². The van der Waals surface area contributed by atoms with E-state index in [4.69, 9.17) is 20.8 Å². The summed E-state index contributed by atoms with van der Waals surface area (Å²) in [4.78, 5) is 27.7. The van der Waals surface area contributed by atoms with Crippen molar-refractivity contribution in [2.24, 2.45) is 0 Å². The zero-order valence-electron chi connectivity index (χ0n) is 11.4. The number of anilines is 1. The molecule has 0 fully saturated rings. The van der Waals surface area contributed by atoms with Gasteiger partial charge in [0.15, 0.2) is 6.10 Å². The fraction of sp³-hybridized carbons (Fsp3) is 0.214. The van der Waals surface area contributed by atoms with E-state index in [1.54, 1.807) is 19.1 Å². The summed E-state index contributed by atoms with van der Waals surface area (Å²) in [5, 5.41) is 2.99. The quantitative estimate of drug-likeness (QED) is 0.878. The first-order chi connectivity index (χ1) is 9.97. The van der Waals surface area contributed by atoms with Crippen LogP contribution in [0.5, 0.6) is 0 Å². The van der Waals surface area contributed by atoms with E-state index in [-0.39, 0.29) is 0 Å². The summed E-state index contributed by atoms with van der Waals surface area (Å²) < 4.78 is 10.1. The van der Waals surface area contributed by atoms with Gasteiger partial charge in [-0.15, -0.1) is 0 Å². The van der Waals surface area contributed by atoms with E-state index in [0.717, 1.165) is 0 Å². The Morgan fingerprint density at radius 2 is 2.14 bits per heavy atom. The molecular weight excluding hydrogens is 296 g/mol. The van der Waals surface area contributed by atoms with Crippen molar-refractivity contribution in [2.45, 2.75) is 20.0 Å². The summed E-state index contributed by atoms with van der Waals surface area (Å²) in [6.45, 7) is 3.11. The number of amides is 1. The summed E-state index contributed by atoms with van der Waals surface area (Å²) >= 11 is 5.70. The summed E-state index contributed by atoms with van der Waals surface area (Å²) in [6, 6.07) is 4.63. The summed E-state index contributed by atoms with van der Waals surface area (Å²) in [7, 11) is 0. The van der Waals surface area contributed by atoms with E-state index in [2.05, 4.69) is 10.3 Å². The average molecular weight is 309 g/mol. The van der Waals surface area contributed by atoms with Crippen LogP contribution in [-0.2, 0) is 9.53 Å². The van der Waals surface area contributed by atoms with Gasteiger partial charge in [0, 0.05) is 6.20 Å². The summed E-state index contributed by atoms with van der Waals surface area (Å²) in [6.07, 6.45) is 1.82. The van der Waals surface area contributed by atoms with Gasteiger partial charge >= 0.3 is 5.97 Å². The Morgan fingerprint density at radius 3 is 2.71 bits per heavy atom. The highest BCUT2D eigenvalue weighted by atomic mass is 35.5. The van der Waals surface area contributed by atoms with E-state index in [0.29, 0.717) is 22.2 Å². The fourth-order valence-electron chi connectivity index (χ4n) is 1.55. The number of esters is 1. The number of rotatable bonds is 4. The van der Waals surface area contributed by atoms with Gasteiger partial charge in [-0.1, -0.05) is 11.6 Å². The topological polar surface area (TPSA) is 81.4 Å². The molecule has 1 unspecified atom stereocenters. The Bertz CT molecular complexity index is 651. The molecule has 0 spiro atoms. The molecule has 21 heavy (non-hydrogen) atoms. The minimum Gasteiger partial charge on any atom is -0.469 e. The van der Waals surface area contributed by atoms with Crippen molar-refractivity contribution in [1.82, 2.24) is 4.98 Å². The highest BCUT2D eigenvalue weighted by molar-refractivity contribution is 6.30. The van der Waals surface area contributed by atoms with Crippen molar-refractivity contribution in [3.05, 3.63) is 47.0 Å². The molecule has 1 N–H and O–H groups in total. The highest BCUT2D eigenvalue weighted by Crippen LogP contribution is 2.13. The largest absolute Gasteiger partial charge is 0.469 e. The molecule has 0 radical (unpaired) electrons. The Morgan fingerprint density at radius 1 is 1.38 bits per heavy atom. The Kier molecular flexibility index (Phi) is 4.59. The minimum atomic E-state index is -0.968. The number of aromatic nitrogens is 1. The maximum absolute atomic E-state index is 11.9. The van der Waals surface area contributed by atoms with Gasteiger partial charge in [0.05, 0.1) is 11.3 Å². The van der Waals surface area contributed by atoms with Crippen molar-refractivity contribution in [2.75, 3.05) is 5.32 Å². The number of pyridine rings is 1. The zero-order chi connectivity index (χ0) is 15.4. The van der Waals surface area contributed by atoms with E-state index in [1.165, 1.54) is 25.5 Å². The summed E-state index contributed by atoms with van der Waals surface area (Å²) in [5.41, 5.74) is 0.291. The van der Waals surface area contributed by atoms with Gasteiger partial charge in [-0.3, -0.25) is 4.79 Å². The molecule has 6 nitrogen and oxygen atoms in total. The van der Waals surface area contributed by atoms with Gasteiger partial charge in [-0.05, 0) is 32.0 Å². The van der Waals surface area contributed by atoms with E-state index in [1.807, 2.05) is 0 Å². The Hall–Kier alpha value is -2.34. The van der Waals surface area contributed by atoms with E-state index < -0.39 is 18.0 Å². The van der Waals surface area contributed by atoms with Gasteiger partial charge in [-0.2, -0.15) is 0 Å². The third-order valence-corrected chi connectivity index (χ3v) is 2.93. The minimum absolute atomic E-state index is 0.291. The van der Waals surface area contributed by atoms with Crippen LogP contribution >= 0.6 is 11.6 Å². The van der Waals surface area contributed by atoms with Crippen LogP contribution in [0.3, 0.4) is 0 Å². The van der Waals surface area contributed by atoms with Crippen LogP contribution in [0.1, 0.15) is 23.0 Å². The highest BCUT2D eigenvalue weighted by Gasteiger charge is 2.21. The number of furan rings is 1. The number of hydrogen-bond donors (Lipinski definition) is 1. The monoisotopic (exact) mass is 308 g/mol. The normalized spacial score (nSPS) is 11.8. The van der Waals surface area contributed by atoms with Crippen molar-refractivity contribution in [1.29, 1.82) is 0 Å². The van der Waals surface area contributed by atoms with Gasteiger partial charge < -0.3 is 14.5 Å². The van der Waals surface area contributed by atoms with Crippen LogP contribution in [0.25, 0.3) is 0 Å². The molecule has 2 rings (SSSR count). The third-order valence-electron chi connectivity index (χ3n) is 2.71. The first kappa shape index (κ1) is 15.1. The number of nitrogens with one attached hydrogen (secondary N) is 1. The number of halogens is 1. The van der Waals surface area contributed by atoms with Crippen LogP contribution in [0.15, 0.2) is 35.1 Å². The maximum Gasteiger partial charge on any atom is 0.342 e. The third kappa shape index (κ3) is 3.82. The van der Waals surface area contributed by atoms with Crippen LogP contribution < -0.4 is 5.32 Å². The van der Waals surface area contributed by atoms with Crippen LogP contribution in [0.2, 0.25) is 5.02 Å². The smallest absolute Gasteiger partial charge is 0.342 e. The zero-order valence-corrected chi connectivity index (χ0v) is 12.2. The van der Waals surface area contributed by atoms with Gasteiger partial charge in [-0.25, -0.2) is 9.78 Å². The van der Waals surface area contributed by atoms with Crippen molar-refractivity contribution < 1.29 is 18.7 Å². The first-order valence-electron chi connectivity index (χ1n) is 6.15. The molecule has 0 saturated heterocycles. The Balaban J connectivity index is 1.95. The molecule has 0 aromatic carbocycles. The van der Waals surface area contributed by atoms with Gasteiger partial charge in [0.1, 0.15) is 17.1 Å². The lowest BCUT2D eigenvalue weighted by Gasteiger charge is -2.12. The lowest BCUT2D eigenvalue weighted by molar-refractivity contribution is -0.123.